The molecule has 7 heteroatoms. The molecule has 196 valence electrons. The van der Waals surface area contributed by atoms with Crippen molar-refractivity contribution in [3.05, 3.63) is 54.1 Å². The van der Waals surface area contributed by atoms with Crippen molar-refractivity contribution in [3.8, 4) is 11.1 Å². The van der Waals surface area contributed by atoms with Crippen molar-refractivity contribution < 1.29 is 24.2 Å². The average molecular weight is 497 g/mol. The third kappa shape index (κ3) is 7.57. The van der Waals surface area contributed by atoms with Crippen LogP contribution in [0.3, 0.4) is 0 Å². The lowest BCUT2D eigenvalue weighted by molar-refractivity contribution is -0.146. The summed E-state index contributed by atoms with van der Waals surface area (Å²) in [5.74, 6) is -0.743. The number of carbonyl (C=O) groups is 3. The van der Waals surface area contributed by atoms with Crippen molar-refractivity contribution in [3.63, 3.8) is 0 Å². The molecule has 0 saturated heterocycles. The van der Waals surface area contributed by atoms with Gasteiger partial charge in [0.05, 0.1) is 5.41 Å². The maximum atomic E-state index is 12.7. The number of unbranched alkanes of at least 4 members (excludes halogenated alkanes) is 4. The van der Waals surface area contributed by atoms with Crippen LogP contribution in [0.25, 0.3) is 11.1 Å². The Balaban J connectivity index is 2.16. The highest BCUT2D eigenvalue weighted by atomic mass is 16.7. The van der Waals surface area contributed by atoms with Crippen LogP contribution in [-0.4, -0.2) is 36.9 Å². The summed E-state index contributed by atoms with van der Waals surface area (Å²) in [5.41, 5.74) is 2.36. The van der Waals surface area contributed by atoms with Crippen molar-refractivity contribution in [2.45, 2.75) is 77.6 Å². The second-order valence-electron chi connectivity index (χ2n) is 9.17. The number of carbonyl (C=O) groups excluding carboxylic acids is 2. The van der Waals surface area contributed by atoms with Crippen molar-refractivity contribution in [2.75, 3.05) is 18.5 Å². The van der Waals surface area contributed by atoms with Gasteiger partial charge in [0.25, 0.3) is 0 Å². The number of ether oxygens (including phenoxy) is 1. The molecule has 0 saturated carbocycles. The second-order valence-corrected chi connectivity index (χ2v) is 9.17. The molecule has 1 atom stereocenters. The van der Waals surface area contributed by atoms with Crippen LogP contribution >= 0.6 is 0 Å². The van der Waals surface area contributed by atoms with Crippen LogP contribution < -0.4 is 10.2 Å². The molecule has 7 nitrogen and oxygen atoms in total. The van der Waals surface area contributed by atoms with Gasteiger partial charge in [-0.25, -0.2) is 9.59 Å². The Hall–Kier alpha value is -3.35. The third-order valence-corrected chi connectivity index (χ3v) is 6.72. The van der Waals surface area contributed by atoms with Crippen LogP contribution in [0.4, 0.5) is 15.3 Å². The van der Waals surface area contributed by atoms with Gasteiger partial charge >= 0.3 is 18.2 Å². The SMILES string of the molecule is CCCCCCCNC(=O)N(C)c1cccc(-c2ccc(C(CC)(CCC)C(=O)OC(=O)O)cc2)c1. The van der Waals surface area contributed by atoms with Crippen LogP contribution in [0.2, 0.25) is 0 Å². The maximum Gasteiger partial charge on any atom is 0.513 e. The number of rotatable bonds is 13. The molecule has 0 fully saturated rings. The second kappa shape index (κ2) is 14.3. The van der Waals surface area contributed by atoms with Gasteiger partial charge in [0.1, 0.15) is 0 Å². The first-order valence-electron chi connectivity index (χ1n) is 13.0. The Morgan fingerprint density at radius 2 is 1.61 bits per heavy atom. The molecule has 0 bridgehead atoms. The minimum absolute atomic E-state index is 0.137. The first kappa shape index (κ1) is 28.9. The van der Waals surface area contributed by atoms with E-state index in [0.717, 1.165) is 35.2 Å². The molecule has 2 aromatic rings. The van der Waals surface area contributed by atoms with Gasteiger partial charge in [-0.3, -0.25) is 9.69 Å². The normalized spacial score (nSPS) is 12.4. The Bertz CT molecular complexity index is 1000. The Labute approximate surface area is 214 Å². The number of carboxylic acid groups (broad SMARTS) is 1. The zero-order valence-corrected chi connectivity index (χ0v) is 22.0. The number of hydrogen-bond donors (Lipinski definition) is 2. The Morgan fingerprint density at radius 3 is 2.22 bits per heavy atom. The molecule has 2 aromatic carbocycles. The van der Waals surface area contributed by atoms with Gasteiger partial charge in [0.15, 0.2) is 0 Å². The van der Waals surface area contributed by atoms with Crippen molar-refractivity contribution in [2.24, 2.45) is 0 Å². The molecule has 1 unspecified atom stereocenters. The molecule has 0 heterocycles. The van der Waals surface area contributed by atoms with Crippen LogP contribution in [0.1, 0.15) is 77.7 Å². The number of esters is 1. The van der Waals surface area contributed by atoms with E-state index in [9.17, 15) is 14.4 Å². The molecule has 2 amide bonds. The summed E-state index contributed by atoms with van der Waals surface area (Å²) < 4.78 is 4.58. The number of hydrogen-bond acceptors (Lipinski definition) is 4. The van der Waals surface area contributed by atoms with Crippen LogP contribution in [0.15, 0.2) is 48.5 Å². The fraction of sp³-hybridized carbons (Fsp3) is 0.483. The van der Waals surface area contributed by atoms with Gasteiger partial charge in [-0.2, -0.15) is 0 Å². The molecule has 0 aliphatic carbocycles. The summed E-state index contributed by atoms with van der Waals surface area (Å²) in [6.45, 7) is 6.66. The summed E-state index contributed by atoms with van der Waals surface area (Å²) in [6, 6.07) is 15.1. The minimum Gasteiger partial charge on any atom is -0.449 e. The van der Waals surface area contributed by atoms with Gasteiger partial charge in [0, 0.05) is 19.3 Å². The van der Waals surface area contributed by atoms with Crippen molar-refractivity contribution >= 4 is 23.8 Å². The van der Waals surface area contributed by atoms with Crippen molar-refractivity contribution in [1.82, 2.24) is 5.32 Å². The van der Waals surface area contributed by atoms with Crippen LogP contribution in [-0.2, 0) is 14.9 Å². The lowest BCUT2D eigenvalue weighted by Crippen LogP contribution is -2.38. The Morgan fingerprint density at radius 1 is 0.917 bits per heavy atom. The molecule has 0 spiro atoms. The molecule has 0 aromatic heterocycles. The van der Waals surface area contributed by atoms with E-state index in [1.165, 1.54) is 19.3 Å². The topological polar surface area (TPSA) is 95.9 Å². The maximum absolute atomic E-state index is 12.7. The highest BCUT2D eigenvalue weighted by Gasteiger charge is 2.40. The molecule has 0 aliphatic heterocycles. The lowest BCUT2D eigenvalue weighted by Gasteiger charge is -2.30. The highest BCUT2D eigenvalue weighted by molar-refractivity contribution is 5.92. The van der Waals surface area contributed by atoms with Gasteiger partial charge in [-0.1, -0.05) is 89.3 Å². The summed E-state index contributed by atoms with van der Waals surface area (Å²) in [4.78, 5) is 38.0. The Kier molecular flexibility index (Phi) is 11.4. The first-order chi connectivity index (χ1) is 17.3. The van der Waals surface area contributed by atoms with E-state index in [2.05, 4.69) is 17.0 Å². The first-order valence-corrected chi connectivity index (χ1v) is 13.0. The number of nitrogens with one attached hydrogen (secondary N) is 1. The number of urea groups is 1. The predicted octanol–water partition coefficient (Wildman–Crippen LogP) is 7.14. The molecule has 36 heavy (non-hydrogen) atoms. The highest BCUT2D eigenvalue weighted by Crippen LogP contribution is 2.36. The molecule has 0 radical (unpaired) electrons. The van der Waals surface area contributed by atoms with Gasteiger partial charge in [-0.15, -0.1) is 0 Å². The summed E-state index contributed by atoms with van der Waals surface area (Å²) in [6.07, 6.45) is 5.75. The van der Waals surface area contributed by atoms with Gasteiger partial charge in [-0.05, 0) is 48.1 Å². The molecular weight excluding hydrogens is 456 g/mol. The van der Waals surface area contributed by atoms with Gasteiger partial charge < -0.3 is 15.2 Å². The van der Waals surface area contributed by atoms with E-state index in [4.69, 9.17) is 5.11 Å². The van der Waals surface area contributed by atoms with Gasteiger partial charge in [0.2, 0.25) is 0 Å². The number of anilines is 1. The molecule has 2 rings (SSSR count). The van der Waals surface area contributed by atoms with E-state index in [0.29, 0.717) is 25.8 Å². The monoisotopic (exact) mass is 496 g/mol. The summed E-state index contributed by atoms with van der Waals surface area (Å²) in [5, 5.41) is 12.0. The quantitative estimate of drug-likeness (QED) is 0.175. The largest absolute Gasteiger partial charge is 0.513 e. The minimum atomic E-state index is -1.59. The van der Waals surface area contributed by atoms with E-state index in [-0.39, 0.29) is 6.03 Å². The predicted molar refractivity (Wildman–Crippen MR) is 143 cm³/mol. The van der Waals surface area contributed by atoms with Crippen LogP contribution in [0, 0.1) is 0 Å². The van der Waals surface area contributed by atoms with E-state index in [1.807, 2.05) is 62.4 Å². The van der Waals surface area contributed by atoms with E-state index < -0.39 is 17.5 Å². The standard InChI is InChI=1S/C29H40N2O5/c1-5-8-9-10-11-20-30-27(33)31(4)25-14-12-13-23(21-25)22-15-17-24(18-16-22)29(7-3,19-6-2)26(32)36-28(34)35/h12-18,21H,5-11,19-20H2,1-4H3,(H,30,33)(H,34,35). The summed E-state index contributed by atoms with van der Waals surface area (Å²) >= 11 is 0. The number of nitrogens with zero attached hydrogens (tertiary/aromatic N) is 1. The molecule has 2 N–H and O–H groups in total. The van der Waals surface area contributed by atoms with Crippen LogP contribution in [0.5, 0.6) is 0 Å². The fourth-order valence-electron chi connectivity index (χ4n) is 4.53. The van der Waals surface area contributed by atoms with E-state index >= 15 is 0 Å². The average Bonchev–Trinajstić information content (AvgIpc) is 2.88. The zero-order valence-electron chi connectivity index (χ0n) is 22.0. The zero-order chi connectivity index (χ0) is 26.6. The third-order valence-electron chi connectivity index (χ3n) is 6.72. The molecular formula is C29H40N2O5. The lowest BCUT2D eigenvalue weighted by atomic mass is 9.74. The van der Waals surface area contributed by atoms with Crippen molar-refractivity contribution in [1.29, 1.82) is 0 Å². The summed E-state index contributed by atoms with van der Waals surface area (Å²) in [7, 11) is 1.75. The number of benzene rings is 2. The number of amides is 2. The van der Waals surface area contributed by atoms with E-state index in [1.54, 1.807) is 11.9 Å². The smallest absolute Gasteiger partial charge is 0.449 e. The molecule has 0 aliphatic rings. The fourth-order valence-corrected chi connectivity index (χ4v) is 4.53.